The summed E-state index contributed by atoms with van der Waals surface area (Å²) in [5.41, 5.74) is 7.05. The van der Waals surface area contributed by atoms with Crippen LogP contribution in [0.2, 0.25) is 0 Å². The molecule has 1 heterocycles. The van der Waals surface area contributed by atoms with Crippen molar-refractivity contribution in [3.63, 3.8) is 0 Å². The molecule has 0 aliphatic rings. The van der Waals surface area contributed by atoms with E-state index in [-0.39, 0.29) is 6.61 Å². The van der Waals surface area contributed by atoms with Crippen LogP contribution in [0.1, 0.15) is 15.2 Å². The molecule has 3 N–H and O–H groups in total. The van der Waals surface area contributed by atoms with E-state index in [1.165, 1.54) is 11.3 Å². The molecule has 4 heteroatoms. The minimum atomic E-state index is -0.0540. The van der Waals surface area contributed by atoms with Gasteiger partial charge in [0.05, 0.1) is 17.2 Å². The molecule has 0 saturated heterocycles. The molecule has 0 saturated carbocycles. The molecule has 0 bridgehead atoms. The molecule has 0 aliphatic heterocycles. The number of carbonyl (C=O) groups excluding carboxylic acids is 1. The summed E-state index contributed by atoms with van der Waals surface area (Å²) in [4.78, 5) is 11.3. The maximum absolute atomic E-state index is 10.5. The smallest absolute Gasteiger partial charge is 0.150 e. The van der Waals surface area contributed by atoms with Gasteiger partial charge >= 0.3 is 0 Å². The quantitative estimate of drug-likeness (QED) is 0.738. The predicted octanol–water partition coefficient (Wildman–Crippen LogP) is 1.79. The molecule has 0 atom stereocenters. The van der Waals surface area contributed by atoms with Crippen molar-refractivity contribution in [2.75, 3.05) is 5.73 Å². The lowest BCUT2D eigenvalue weighted by molar-refractivity contribution is 0.112. The molecule has 2 aromatic rings. The summed E-state index contributed by atoms with van der Waals surface area (Å²) in [6.07, 6.45) is 0.800. The third-order valence-electron chi connectivity index (χ3n) is 2.11. The fourth-order valence-corrected chi connectivity index (χ4v) is 2.41. The molecule has 0 amide bonds. The van der Waals surface area contributed by atoms with Crippen LogP contribution in [-0.4, -0.2) is 11.4 Å². The van der Waals surface area contributed by atoms with Crippen molar-refractivity contribution in [3.05, 3.63) is 28.6 Å². The number of rotatable bonds is 2. The van der Waals surface area contributed by atoms with Crippen LogP contribution in [0, 0.1) is 0 Å². The fourth-order valence-electron chi connectivity index (χ4n) is 1.37. The van der Waals surface area contributed by atoms with Gasteiger partial charge < -0.3 is 10.8 Å². The van der Waals surface area contributed by atoms with E-state index >= 15 is 0 Å². The minimum absolute atomic E-state index is 0.0540. The Kier molecular flexibility index (Phi) is 2.23. The van der Waals surface area contributed by atoms with Crippen molar-refractivity contribution in [2.24, 2.45) is 0 Å². The summed E-state index contributed by atoms with van der Waals surface area (Å²) in [5.74, 6) is 0. The second-order valence-corrected chi connectivity index (χ2v) is 4.11. The molecule has 14 heavy (non-hydrogen) atoms. The lowest BCUT2D eigenvalue weighted by atomic mass is 10.1. The molecule has 0 aliphatic carbocycles. The molecule has 0 fully saturated rings. The van der Waals surface area contributed by atoms with Crippen LogP contribution in [0.25, 0.3) is 10.1 Å². The van der Waals surface area contributed by atoms with E-state index in [2.05, 4.69) is 0 Å². The highest BCUT2D eigenvalue weighted by Crippen LogP contribution is 2.33. The monoisotopic (exact) mass is 207 g/mol. The maximum Gasteiger partial charge on any atom is 0.150 e. The summed E-state index contributed by atoms with van der Waals surface area (Å²) in [6.45, 7) is -0.0540. The number of benzene rings is 1. The molecule has 0 spiro atoms. The van der Waals surface area contributed by atoms with Gasteiger partial charge in [-0.1, -0.05) is 12.1 Å². The molecular weight excluding hydrogens is 198 g/mol. The first-order valence-corrected chi connectivity index (χ1v) is 4.95. The van der Waals surface area contributed by atoms with Gasteiger partial charge in [-0.3, -0.25) is 4.79 Å². The van der Waals surface area contributed by atoms with E-state index in [1.54, 1.807) is 12.1 Å². The van der Waals surface area contributed by atoms with Gasteiger partial charge in [0.25, 0.3) is 0 Å². The Labute approximate surface area is 84.8 Å². The first kappa shape index (κ1) is 9.18. The van der Waals surface area contributed by atoms with Gasteiger partial charge in [0.2, 0.25) is 0 Å². The summed E-state index contributed by atoms with van der Waals surface area (Å²) in [6, 6.07) is 5.31. The molecule has 3 nitrogen and oxygen atoms in total. The van der Waals surface area contributed by atoms with Gasteiger partial charge in [-0.25, -0.2) is 0 Å². The average Bonchev–Trinajstić information content (AvgIpc) is 2.55. The Hall–Kier alpha value is -1.39. The maximum atomic E-state index is 10.5. The van der Waals surface area contributed by atoms with Crippen molar-refractivity contribution in [1.29, 1.82) is 0 Å². The van der Waals surface area contributed by atoms with Gasteiger partial charge in [-0.15, -0.1) is 11.3 Å². The molecule has 0 unspecified atom stereocenters. The second kappa shape index (κ2) is 3.40. The van der Waals surface area contributed by atoms with Gasteiger partial charge in [-0.2, -0.15) is 0 Å². The number of aldehydes is 1. The molecule has 1 aromatic heterocycles. The number of aliphatic hydroxyl groups excluding tert-OH is 1. The molecule has 0 radical (unpaired) electrons. The lowest BCUT2D eigenvalue weighted by Crippen LogP contribution is -1.88. The van der Waals surface area contributed by atoms with Crippen molar-refractivity contribution in [2.45, 2.75) is 6.61 Å². The number of carbonyl (C=O) groups is 1. The van der Waals surface area contributed by atoms with Crippen molar-refractivity contribution < 1.29 is 9.90 Å². The number of fused-ring (bicyclic) bond motifs is 1. The Morgan fingerprint density at radius 1 is 1.50 bits per heavy atom. The van der Waals surface area contributed by atoms with Gasteiger partial charge in [0.1, 0.15) is 6.29 Å². The van der Waals surface area contributed by atoms with Crippen LogP contribution in [0.4, 0.5) is 5.69 Å². The molecular formula is C10H9NO2S. The van der Waals surface area contributed by atoms with E-state index in [4.69, 9.17) is 10.8 Å². The van der Waals surface area contributed by atoms with Crippen molar-refractivity contribution >= 4 is 33.4 Å². The number of thiophene rings is 1. The summed E-state index contributed by atoms with van der Waals surface area (Å²) in [5, 5.41) is 9.91. The molecule has 1 aromatic carbocycles. The first-order chi connectivity index (χ1) is 6.76. The zero-order valence-corrected chi connectivity index (χ0v) is 8.17. The largest absolute Gasteiger partial charge is 0.397 e. The van der Waals surface area contributed by atoms with E-state index in [0.29, 0.717) is 11.3 Å². The fraction of sp³-hybridized carbons (Fsp3) is 0.100. The third-order valence-corrected chi connectivity index (χ3v) is 3.26. The van der Waals surface area contributed by atoms with Gasteiger partial charge in [0.15, 0.2) is 0 Å². The van der Waals surface area contributed by atoms with E-state index < -0.39 is 0 Å². The first-order valence-electron chi connectivity index (χ1n) is 4.13. The van der Waals surface area contributed by atoms with Crippen LogP contribution in [0.5, 0.6) is 0 Å². The van der Waals surface area contributed by atoms with Crippen LogP contribution in [0.15, 0.2) is 18.2 Å². The van der Waals surface area contributed by atoms with Crippen molar-refractivity contribution in [3.8, 4) is 0 Å². The standard InChI is InChI=1S/C10H9NO2S/c11-10-7-2-1-6(4-12)3-8(7)14-9(10)5-13/h1-4,13H,5,11H2. The number of anilines is 1. The Bertz CT molecular complexity index is 490. The zero-order valence-electron chi connectivity index (χ0n) is 7.36. The number of hydrogen-bond acceptors (Lipinski definition) is 4. The average molecular weight is 207 g/mol. The Morgan fingerprint density at radius 3 is 2.93 bits per heavy atom. The number of aliphatic hydroxyl groups is 1. The highest BCUT2D eigenvalue weighted by Gasteiger charge is 2.08. The SMILES string of the molecule is Nc1c(CO)sc2cc(C=O)ccc12. The van der Waals surface area contributed by atoms with Crippen molar-refractivity contribution in [1.82, 2.24) is 0 Å². The van der Waals surface area contributed by atoms with Crippen LogP contribution in [0.3, 0.4) is 0 Å². The number of hydrogen-bond donors (Lipinski definition) is 2. The van der Waals surface area contributed by atoms with Crippen LogP contribution in [-0.2, 0) is 6.61 Å². The normalized spacial score (nSPS) is 10.6. The van der Waals surface area contributed by atoms with E-state index in [0.717, 1.165) is 21.2 Å². The van der Waals surface area contributed by atoms with Crippen LogP contribution >= 0.6 is 11.3 Å². The van der Waals surface area contributed by atoms with Crippen LogP contribution < -0.4 is 5.73 Å². The Morgan fingerprint density at radius 2 is 2.29 bits per heavy atom. The van der Waals surface area contributed by atoms with Gasteiger partial charge in [0, 0.05) is 15.6 Å². The summed E-state index contributed by atoms with van der Waals surface area (Å²) < 4.78 is 0.941. The second-order valence-electron chi connectivity index (χ2n) is 2.97. The van der Waals surface area contributed by atoms with E-state index in [1.807, 2.05) is 6.07 Å². The molecule has 72 valence electrons. The highest BCUT2D eigenvalue weighted by molar-refractivity contribution is 7.19. The number of nitrogen functional groups attached to an aromatic ring is 1. The predicted molar refractivity (Wildman–Crippen MR) is 57.5 cm³/mol. The summed E-state index contributed by atoms with van der Waals surface area (Å²) >= 11 is 1.42. The number of nitrogens with two attached hydrogens (primary N) is 1. The lowest BCUT2D eigenvalue weighted by Gasteiger charge is -1.93. The molecule has 2 rings (SSSR count). The highest BCUT2D eigenvalue weighted by atomic mass is 32.1. The zero-order chi connectivity index (χ0) is 10.1. The third kappa shape index (κ3) is 1.29. The Balaban J connectivity index is 2.72. The summed E-state index contributed by atoms with van der Waals surface area (Å²) in [7, 11) is 0. The van der Waals surface area contributed by atoms with Gasteiger partial charge in [-0.05, 0) is 6.07 Å². The minimum Gasteiger partial charge on any atom is -0.397 e. The topological polar surface area (TPSA) is 63.3 Å². The van der Waals surface area contributed by atoms with E-state index in [9.17, 15) is 4.79 Å².